The molecule has 3 heterocycles. The molecule has 1 heteroatoms. The first kappa shape index (κ1) is 39.5. The summed E-state index contributed by atoms with van der Waals surface area (Å²) in [5.74, 6) is 0. The van der Waals surface area contributed by atoms with Crippen LogP contribution in [-0.4, -0.2) is 8.07 Å². The third-order valence-corrected chi connectivity index (χ3v) is 21.8. The highest BCUT2D eigenvalue weighted by molar-refractivity contribution is 7.22. The number of benzene rings is 8. The first-order chi connectivity index (χ1) is 32.3. The van der Waals surface area contributed by atoms with Crippen LogP contribution >= 0.6 is 0 Å². The van der Waals surface area contributed by atoms with Gasteiger partial charge in [0.15, 0.2) is 8.07 Å². The molecule has 3 aliphatic heterocycles. The van der Waals surface area contributed by atoms with Crippen LogP contribution in [0, 0.1) is 0 Å². The molecular weight excluding hydrogens is 797 g/mol. The molecule has 1 spiro atoms. The van der Waals surface area contributed by atoms with Gasteiger partial charge in [-0.1, -0.05) is 267 Å². The Balaban J connectivity index is 1.46. The van der Waals surface area contributed by atoms with Gasteiger partial charge in [-0.2, -0.15) is 0 Å². The van der Waals surface area contributed by atoms with Crippen molar-refractivity contribution < 1.29 is 0 Å². The molecule has 8 aromatic carbocycles. The maximum absolute atomic E-state index is 3.63. The van der Waals surface area contributed by atoms with Gasteiger partial charge in [0.05, 0.1) is 0 Å². The second-order valence-electron chi connectivity index (χ2n) is 18.3. The summed E-state index contributed by atoms with van der Waals surface area (Å²) >= 11 is 0. The Morgan fingerprint density at radius 3 is 0.831 bits per heavy atom. The monoisotopic (exact) mass is 848 g/mol. The van der Waals surface area contributed by atoms with Gasteiger partial charge in [0.25, 0.3) is 0 Å². The van der Waals surface area contributed by atoms with E-state index in [1.54, 1.807) is 21.5 Å². The van der Waals surface area contributed by atoms with Crippen molar-refractivity contribution in [1.82, 2.24) is 0 Å². The fraction of sp³-hybridized carbons (Fsp3) is 0.125. The van der Waals surface area contributed by atoms with Crippen LogP contribution in [0.25, 0.3) is 32.7 Å². The molecule has 0 fully saturated rings. The summed E-state index contributed by atoms with van der Waals surface area (Å²) in [6, 6.07) is 93.7. The van der Waals surface area contributed by atoms with Crippen molar-refractivity contribution in [1.29, 1.82) is 0 Å². The fourth-order valence-corrected chi connectivity index (χ4v) is 22.2. The minimum atomic E-state index is -3.63. The zero-order valence-corrected chi connectivity index (χ0v) is 37.8. The molecule has 0 aromatic heterocycles. The molecule has 0 radical (unpaired) electrons. The predicted molar refractivity (Wildman–Crippen MR) is 276 cm³/mol. The van der Waals surface area contributed by atoms with Crippen LogP contribution in [0.3, 0.4) is 0 Å². The Kier molecular flexibility index (Phi) is 9.84. The van der Waals surface area contributed by atoms with Crippen molar-refractivity contribution in [2.75, 3.05) is 0 Å². The molecule has 2 atom stereocenters. The first-order valence-corrected chi connectivity index (χ1v) is 25.7. The van der Waals surface area contributed by atoms with Crippen LogP contribution < -0.4 is 0 Å². The van der Waals surface area contributed by atoms with Crippen molar-refractivity contribution in [3.05, 3.63) is 298 Å². The second kappa shape index (κ2) is 16.2. The standard InChI is InChI=1S/C64H52Si/c1-2-28-46-56-55(45-27-1)63(53-41-23-9-24-42-53)59(49-33-15-5-16-34-49)60(50-35-17-6-18-36-50)64(56,54-43-25-10-26-44-54)65(63)61(51-37-19-7-20-38-51)57(47-29-11-3-12-30-47)58(48-31-13-4-14-32-48)62(65)52-39-21-8-22-40-52/h3-26,29-44H,1-2,27-28,45-46H2/t63-,64+. The van der Waals surface area contributed by atoms with Crippen LogP contribution in [0.15, 0.2) is 254 Å². The Morgan fingerprint density at radius 1 is 0.262 bits per heavy atom. The molecule has 0 nitrogen and oxygen atoms in total. The summed E-state index contributed by atoms with van der Waals surface area (Å²) < 4.78 is 0. The minimum absolute atomic E-state index is 0.532. The molecule has 2 bridgehead atoms. The summed E-state index contributed by atoms with van der Waals surface area (Å²) in [6.45, 7) is 0. The third-order valence-electron chi connectivity index (χ3n) is 15.3. The summed E-state index contributed by atoms with van der Waals surface area (Å²) in [6.07, 6.45) is 6.99. The highest BCUT2D eigenvalue weighted by atomic mass is 28.3. The number of rotatable bonds is 8. The van der Waals surface area contributed by atoms with Gasteiger partial charge in [-0.25, -0.2) is 0 Å². The summed E-state index contributed by atoms with van der Waals surface area (Å²) in [5, 5.41) is 2.02. The highest BCUT2D eigenvalue weighted by Gasteiger charge is 2.84. The molecule has 12 rings (SSSR count). The van der Waals surface area contributed by atoms with Crippen LogP contribution in [0.5, 0.6) is 0 Å². The lowest BCUT2D eigenvalue weighted by atomic mass is 9.63. The normalized spacial score (nSPS) is 21.2. The Hall–Kier alpha value is -7.06. The highest BCUT2D eigenvalue weighted by Crippen LogP contribution is 2.83. The SMILES string of the molecule is c1ccc(C2=C(c3ccccc3)[Si]3(C(c4ccccc4)=C2c2ccccc2)[C@@]2(c4ccccc4)C4=C(CCCCCC4)[C@]3(c3ccccc3)C(c3ccccc3)=C2c2ccccc2)cc1. The smallest absolute Gasteiger partial charge is 0.0622 e. The topological polar surface area (TPSA) is 0 Å². The lowest BCUT2D eigenvalue weighted by Crippen LogP contribution is -2.63. The Morgan fingerprint density at radius 2 is 0.523 bits per heavy atom. The number of fused-ring (bicyclic) bond motifs is 2. The third kappa shape index (κ3) is 5.55. The van der Waals surface area contributed by atoms with E-state index in [1.165, 1.54) is 92.5 Å². The number of hydrogen-bond acceptors (Lipinski definition) is 0. The Labute approximate surface area is 385 Å². The molecule has 0 saturated carbocycles. The van der Waals surface area contributed by atoms with Gasteiger partial charge in [-0.3, -0.25) is 0 Å². The number of allylic oxidation sites excluding steroid dienone is 6. The lowest BCUT2D eigenvalue weighted by Gasteiger charge is -2.52. The van der Waals surface area contributed by atoms with E-state index in [2.05, 4.69) is 243 Å². The van der Waals surface area contributed by atoms with Crippen molar-refractivity contribution in [2.24, 2.45) is 0 Å². The summed E-state index contributed by atoms with van der Waals surface area (Å²) in [7, 11) is -3.63. The zero-order chi connectivity index (χ0) is 43.3. The van der Waals surface area contributed by atoms with Crippen LogP contribution in [0.4, 0.5) is 0 Å². The van der Waals surface area contributed by atoms with E-state index >= 15 is 0 Å². The van der Waals surface area contributed by atoms with Crippen LogP contribution in [0.1, 0.15) is 83.0 Å². The van der Waals surface area contributed by atoms with Gasteiger partial charge in [0.2, 0.25) is 0 Å². The van der Waals surface area contributed by atoms with Gasteiger partial charge < -0.3 is 0 Å². The minimum Gasteiger partial charge on any atom is -0.0622 e. The molecule has 0 saturated heterocycles. The van der Waals surface area contributed by atoms with Crippen molar-refractivity contribution in [3.8, 4) is 0 Å². The summed E-state index contributed by atoms with van der Waals surface area (Å²) in [5.41, 5.74) is 19.8. The van der Waals surface area contributed by atoms with Crippen molar-refractivity contribution in [3.63, 3.8) is 0 Å². The fourth-order valence-electron chi connectivity index (χ4n) is 13.5. The Bertz CT molecular complexity index is 2920. The molecule has 65 heavy (non-hydrogen) atoms. The molecule has 8 aromatic rings. The zero-order valence-electron chi connectivity index (χ0n) is 36.8. The van der Waals surface area contributed by atoms with E-state index < -0.39 is 18.2 Å². The first-order valence-electron chi connectivity index (χ1n) is 23.7. The van der Waals surface area contributed by atoms with E-state index in [9.17, 15) is 0 Å². The van der Waals surface area contributed by atoms with Crippen molar-refractivity contribution in [2.45, 2.75) is 48.6 Å². The molecule has 312 valence electrons. The largest absolute Gasteiger partial charge is 0.159 e. The predicted octanol–water partition coefficient (Wildman–Crippen LogP) is 16.0. The van der Waals surface area contributed by atoms with E-state index in [1.807, 2.05) is 0 Å². The van der Waals surface area contributed by atoms with E-state index in [0.717, 1.165) is 12.8 Å². The van der Waals surface area contributed by atoms with Gasteiger partial charge in [0, 0.05) is 10.1 Å². The average molecular weight is 849 g/mol. The molecule has 4 aliphatic rings. The molecule has 0 amide bonds. The number of hydrogen-bond donors (Lipinski definition) is 0. The van der Waals surface area contributed by atoms with E-state index in [-0.39, 0.29) is 0 Å². The molecular formula is C64H52Si. The second-order valence-corrected chi connectivity index (χ2v) is 22.3. The molecule has 0 unspecified atom stereocenters. The van der Waals surface area contributed by atoms with Gasteiger partial charge in [-0.15, -0.1) is 0 Å². The summed E-state index contributed by atoms with van der Waals surface area (Å²) in [4.78, 5) is 0. The van der Waals surface area contributed by atoms with E-state index in [4.69, 9.17) is 0 Å². The molecule has 1 aliphatic carbocycles. The van der Waals surface area contributed by atoms with Crippen molar-refractivity contribution >= 4 is 40.8 Å². The van der Waals surface area contributed by atoms with Gasteiger partial charge >= 0.3 is 0 Å². The molecule has 0 N–H and O–H groups in total. The van der Waals surface area contributed by atoms with Crippen LogP contribution in [-0.2, 0) is 10.1 Å². The maximum Gasteiger partial charge on any atom is 0.159 e. The maximum atomic E-state index is 2.53. The van der Waals surface area contributed by atoms with E-state index in [0.29, 0.717) is 0 Å². The lowest BCUT2D eigenvalue weighted by molar-refractivity contribution is 0.583. The average Bonchev–Trinajstić information content (AvgIpc) is 3.91. The quantitative estimate of drug-likeness (QED) is 0.106. The van der Waals surface area contributed by atoms with Gasteiger partial charge in [0.1, 0.15) is 0 Å². The van der Waals surface area contributed by atoms with Gasteiger partial charge in [-0.05, 0) is 103 Å². The van der Waals surface area contributed by atoms with Crippen LogP contribution in [0.2, 0.25) is 0 Å².